The van der Waals surface area contributed by atoms with Crippen LogP contribution in [0, 0.1) is 5.92 Å². The molecule has 1 aromatic heterocycles. The van der Waals surface area contributed by atoms with E-state index in [9.17, 15) is 4.79 Å². The van der Waals surface area contributed by atoms with E-state index < -0.39 is 0 Å². The van der Waals surface area contributed by atoms with Crippen LogP contribution in [-0.2, 0) is 9.53 Å². The van der Waals surface area contributed by atoms with E-state index in [0.717, 1.165) is 18.7 Å². The maximum Gasteiger partial charge on any atom is 0.252 e. The SMILES string of the molecule is C[C@H]1OCCN(C(=O)CC2CCC2)[C@@H]1c1nc(C2CC2)no1. The summed E-state index contributed by atoms with van der Waals surface area (Å²) in [6, 6.07) is -0.235. The molecule has 6 nitrogen and oxygen atoms in total. The Morgan fingerprint density at radius 1 is 1.32 bits per heavy atom. The maximum atomic E-state index is 12.7. The summed E-state index contributed by atoms with van der Waals surface area (Å²) in [6.45, 7) is 3.17. The number of morpholine rings is 1. The standard InChI is InChI=1S/C16H23N3O3/c1-10-14(16-17-15(18-22-16)12-5-6-12)19(7-8-21-10)13(20)9-11-3-2-4-11/h10-12,14H,2-9H2,1H3/t10-,14+/m1/s1. The summed E-state index contributed by atoms with van der Waals surface area (Å²) in [5, 5.41) is 4.09. The summed E-state index contributed by atoms with van der Waals surface area (Å²) in [4.78, 5) is 19.1. The molecule has 0 aromatic carbocycles. The van der Waals surface area contributed by atoms with Gasteiger partial charge in [0.25, 0.3) is 5.89 Å². The van der Waals surface area contributed by atoms with E-state index in [-0.39, 0.29) is 18.1 Å². The minimum absolute atomic E-state index is 0.105. The zero-order valence-corrected chi connectivity index (χ0v) is 13.0. The van der Waals surface area contributed by atoms with Crippen LogP contribution in [0.5, 0.6) is 0 Å². The summed E-state index contributed by atoms with van der Waals surface area (Å²) in [5.41, 5.74) is 0. The molecular weight excluding hydrogens is 282 g/mol. The molecule has 0 spiro atoms. The van der Waals surface area contributed by atoms with Crippen LogP contribution in [0.4, 0.5) is 0 Å². The number of amides is 1. The Bertz CT molecular complexity index is 551. The number of nitrogens with zero attached hydrogens (tertiary/aromatic N) is 3. The Morgan fingerprint density at radius 3 is 2.82 bits per heavy atom. The smallest absolute Gasteiger partial charge is 0.252 e. The van der Waals surface area contributed by atoms with E-state index in [2.05, 4.69) is 10.1 Å². The molecule has 0 unspecified atom stereocenters. The van der Waals surface area contributed by atoms with Crippen LogP contribution in [-0.4, -0.2) is 40.2 Å². The maximum absolute atomic E-state index is 12.7. The molecule has 2 saturated carbocycles. The normalized spacial score (nSPS) is 29.4. The Kier molecular flexibility index (Phi) is 3.64. The molecule has 0 bridgehead atoms. The van der Waals surface area contributed by atoms with Crippen molar-refractivity contribution in [2.45, 2.75) is 63.5 Å². The summed E-state index contributed by atoms with van der Waals surface area (Å²) in [5.74, 6) is 2.55. The van der Waals surface area contributed by atoms with Gasteiger partial charge in [0.1, 0.15) is 6.04 Å². The van der Waals surface area contributed by atoms with Gasteiger partial charge >= 0.3 is 0 Å². The fourth-order valence-corrected chi connectivity index (χ4v) is 3.37. The third-order valence-electron chi connectivity index (χ3n) is 5.15. The minimum atomic E-state index is -0.235. The Morgan fingerprint density at radius 2 is 2.14 bits per heavy atom. The summed E-state index contributed by atoms with van der Waals surface area (Å²) in [6.07, 6.45) is 6.44. The molecule has 1 amide bonds. The molecule has 0 N–H and O–H groups in total. The minimum Gasteiger partial charge on any atom is -0.374 e. The van der Waals surface area contributed by atoms with Crippen molar-refractivity contribution in [1.82, 2.24) is 15.0 Å². The van der Waals surface area contributed by atoms with Gasteiger partial charge in [-0.3, -0.25) is 4.79 Å². The molecule has 2 atom stereocenters. The van der Waals surface area contributed by atoms with Gasteiger partial charge < -0.3 is 14.2 Å². The Balaban J connectivity index is 1.52. The van der Waals surface area contributed by atoms with E-state index in [1.807, 2.05) is 11.8 Å². The highest BCUT2D eigenvalue weighted by Gasteiger charge is 2.40. The Hall–Kier alpha value is -1.43. The van der Waals surface area contributed by atoms with Crippen LogP contribution in [0.25, 0.3) is 0 Å². The molecule has 3 fully saturated rings. The van der Waals surface area contributed by atoms with Crippen LogP contribution in [0.3, 0.4) is 0 Å². The fourth-order valence-electron chi connectivity index (χ4n) is 3.37. The first-order valence-corrected chi connectivity index (χ1v) is 8.47. The molecular formula is C16H23N3O3. The Labute approximate surface area is 130 Å². The third kappa shape index (κ3) is 2.64. The lowest BCUT2D eigenvalue weighted by Gasteiger charge is -2.39. The van der Waals surface area contributed by atoms with Crippen LogP contribution in [0.15, 0.2) is 4.52 Å². The van der Waals surface area contributed by atoms with Gasteiger partial charge in [0, 0.05) is 18.9 Å². The van der Waals surface area contributed by atoms with E-state index in [0.29, 0.717) is 37.3 Å². The van der Waals surface area contributed by atoms with Gasteiger partial charge in [-0.1, -0.05) is 11.6 Å². The van der Waals surface area contributed by atoms with Crippen LogP contribution in [0.1, 0.15) is 69.1 Å². The van der Waals surface area contributed by atoms with Gasteiger partial charge in [-0.2, -0.15) is 4.98 Å². The number of carbonyl (C=O) groups is 1. The summed E-state index contributed by atoms with van der Waals surface area (Å²) in [7, 11) is 0. The van der Waals surface area contributed by atoms with Gasteiger partial charge in [-0.05, 0) is 38.5 Å². The molecule has 0 radical (unpaired) electrons. The second-order valence-electron chi connectivity index (χ2n) is 6.87. The van der Waals surface area contributed by atoms with Crippen LogP contribution < -0.4 is 0 Å². The number of carbonyl (C=O) groups excluding carboxylic acids is 1. The molecule has 1 aromatic rings. The highest BCUT2D eigenvalue weighted by atomic mass is 16.5. The second-order valence-corrected chi connectivity index (χ2v) is 6.87. The van der Waals surface area contributed by atoms with E-state index >= 15 is 0 Å². The average Bonchev–Trinajstić information content (AvgIpc) is 3.21. The van der Waals surface area contributed by atoms with Crippen molar-refractivity contribution in [1.29, 1.82) is 0 Å². The summed E-state index contributed by atoms with van der Waals surface area (Å²) >= 11 is 0. The van der Waals surface area contributed by atoms with E-state index in [1.54, 1.807) is 0 Å². The first kappa shape index (κ1) is 14.2. The lowest BCUT2D eigenvalue weighted by molar-refractivity contribution is -0.149. The van der Waals surface area contributed by atoms with Crippen molar-refractivity contribution in [2.75, 3.05) is 13.2 Å². The number of hydrogen-bond donors (Lipinski definition) is 0. The topological polar surface area (TPSA) is 68.5 Å². The van der Waals surface area contributed by atoms with Crippen molar-refractivity contribution in [2.24, 2.45) is 5.92 Å². The molecule has 1 aliphatic heterocycles. The van der Waals surface area contributed by atoms with Crippen molar-refractivity contribution in [3.8, 4) is 0 Å². The number of aromatic nitrogens is 2. The molecule has 3 aliphatic rings. The number of hydrogen-bond acceptors (Lipinski definition) is 5. The predicted molar refractivity (Wildman–Crippen MR) is 78.1 cm³/mol. The molecule has 1 saturated heterocycles. The lowest BCUT2D eigenvalue weighted by Crippen LogP contribution is -2.48. The largest absolute Gasteiger partial charge is 0.374 e. The molecule has 2 heterocycles. The highest BCUT2D eigenvalue weighted by Crippen LogP contribution is 2.39. The lowest BCUT2D eigenvalue weighted by atomic mass is 9.82. The zero-order valence-electron chi connectivity index (χ0n) is 13.0. The zero-order chi connectivity index (χ0) is 15.1. The van der Waals surface area contributed by atoms with Gasteiger partial charge in [-0.25, -0.2) is 0 Å². The molecule has 22 heavy (non-hydrogen) atoms. The van der Waals surface area contributed by atoms with Crippen LogP contribution in [0.2, 0.25) is 0 Å². The first-order chi connectivity index (χ1) is 10.7. The number of ether oxygens (including phenoxy) is 1. The van der Waals surface area contributed by atoms with E-state index in [4.69, 9.17) is 9.26 Å². The van der Waals surface area contributed by atoms with Gasteiger partial charge in [-0.15, -0.1) is 0 Å². The van der Waals surface area contributed by atoms with Crippen molar-refractivity contribution in [3.05, 3.63) is 11.7 Å². The molecule has 6 heteroatoms. The monoisotopic (exact) mass is 305 g/mol. The van der Waals surface area contributed by atoms with E-state index in [1.165, 1.54) is 19.3 Å². The molecule has 120 valence electrons. The van der Waals surface area contributed by atoms with Gasteiger partial charge in [0.15, 0.2) is 5.82 Å². The first-order valence-electron chi connectivity index (χ1n) is 8.47. The highest BCUT2D eigenvalue weighted by molar-refractivity contribution is 5.77. The van der Waals surface area contributed by atoms with Crippen molar-refractivity contribution in [3.63, 3.8) is 0 Å². The van der Waals surface area contributed by atoms with Crippen molar-refractivity contribution < 1.29 is 14.1 Å². The van der Waals surface area contributed by atoms with Crippen molar-refractivity contribution >= 4 is 5.91 Å². The van der Waals surface area contributed by atoms with Gasteiger partial charge in [0.2, 0.25) is 5.91 Å². The number of rotatable bonds is 4. The predicted octanol–water partition coefficient (Wildman–Crippen LogP) is 2.43. The quantitative estimate of drug-likeness (QED) is 0.854. The van der Waals surface area contributed by atoms with Gasteiger partial charge in [0.05, 0.1) is 12.7 Å². The second kappa shape index (κ2) is 5.65. The third-order valence-corrected chi connectivity index (χ3v) is 5.15. The van der Waals surface area contributed by atoms with Crippen LogP contribution >= 0.6 is 0 Å². The average molecular weight is 305 g/mol. The fraction of sp³-hybridized carbons (Fsp3) is 0.812. The molecule has 2 aliphatic carbocycles. The molecule has 4 rings (SSSR count). The summed E-state index contributed by atoms with van der Waals surface area (Å²) < 4.78 is 11.2.